The number of piperazine rings is 1. The van der Waals surface area contributed by atoms with Crippen molar-refractivity contribution in [3.05, 3.63) is 71.3 Å². The van der Waals surface area contributed by atoms with Gasteiger partial charge < -0.3 is 21.1 Å². The summed E-state index contributed by atoms with van der Waals surface area (Å²) in [5.41, 5.74) is 2.63. The molecule has 1 saturated heterocycles. The summed E-state index contributed by atoms with van der Waals surface area (Å²) >= 11 is 0. The number of aryl methyl sites for hydroxylation is 1. The fraction of sp³-hybridized carbons (Fsp3) is 0.304. The van der Waals surface area contributed by atoms with Gasteiger partial charge in [0.1, 0.15) is 18.1 Å². The number of hydrogen-bond acceptors (Lipinski definition) is 4. The maximum atomic E-state index is 12.4. The van der Waals surface area contributed by atoms with Crippen LogP contribution < -0.4 is 16.0 Å². The molecular formula is C23H25N3O5. The highest BCUT2D eigenvalue weighted by atomic mass is 16.4. The van der Waals surface area contributed by atoms with Gasteiger partial charge in [0.15, 0.2) is 0 Å². The van der Waals surface area contributed by atoms with Gasteiger partial charge in [-0.2, -0.15) is 0 Å². The van der Waals surface area contributed by atoms with E-state index in [2.05, 4.69) is 16.0 Å². The quantitative estimate of drug-likeness (QED) is 0.498. The largest absolute Gasteiger partial charge is 0.480 e. The number of carboxylic acids is 1. The van der Waals surface area contributed by atoms with Crippen molar-refractivity contribution >= 4 is 23.7 Å². The zero-order chi connectivity index (χ0) is 22.4. The lowest BCUT2D eigenvalue weighted by Crippen LogP contribution is -2.63. The summed E-state index contributed by atoms with van der Waals surface area (Å²) in [6.45, 7) is 1.86. The van der Waals surface area contributed by atoms with Crippen LogP contribution in [-0.2, 0) is 32.0 Å². The van der Waals surface area contributed by atoms with Crippen molar-refractivity contribution in [1.29, 1.82) is 0 Å². The van der Waals surface area contributed by atoms with Crippen LogP contribution in [0.15, 0.2) is 54.6 Å². The predicted octanol–water partition coefficient (Wildman–Crippen LogP) is 0.723. The van der Waals surface area contributed by atoms with Gasteiger partial charge >= 0.3 is 5.97 Å². The van der Waals surface area contributed by atoms with Gasteiger partial charge in [0.25, 0.3) is 0 Å². The smallest absolute Gasteiger partial charge is 0.326 e. The summed E-state index contributed by atoms with van der Waals surface area (Å²) in [5, 5.41) is 17.2. The number of hydrogen-bond donors (Lipinski definition) is 4. The standard InChI is InChI=1S/C23H25N3O5/c1-14-7-5-6-10-16(14)12-19(23(30)31)24-20(27)13-18-22(29)25-17(21(28)26-18)11-15-8-3-2-4-9-15/h2-10,17-19H,11-13H2,1H3,(H,24,27)(H,25,29)(H,26,28)(H,30,31)/t17-,18-,19+/m0/s1. The van der Waals surface area contributed by atoms with Gasteiger partial charge in [-0.1, -0.05) is 54.6 Å². The minimum Gasteiger partial charge on any atom is -0.480 e. The third-order valence-electron chi connectivity index (χ3n) is 5.26. The van der Waals surface area contributed by atoms with Crippen molar-refractivity contribution in [2.24, 2.45) is 0 Å². The Labute approximate surface area is 180 Å². The van der Waals surface area contributed by atoms with E-state index in [1.54, 1.807) is 12.1 Å². The summed E-state index contributed by atoms with van der Waals surface area (Å²) < 4.78 is 0. The first-order valence-corrected chi connectivity index (χ1v) is 10.0. The van der Waals surface area contributed by atoms with Gasteiger partial charge in [0.05, 0.1) is 6.42 Å². The molecule has 1 aliphatic heterocycles. The van der Waals surface area contributed by atoms with Gasteiger partial charge in [-0.15, -0.1) is 0 Å². The zero-order valence-corrected chi connectivity index (χ0v) is 17.1. The first-order valence-electron chi connectivity index (χ1n) is 10.0. The second-order valence-electron chi connectivity index (χ2n) is 7.61. The molecule has 0 aliphatic carbocycles. The number of nitrogens with one attached hydrogen (secondary N) is 3. The summed E-state index contributed by atoms with van der Waals surface area (Å²) in [6, 6.07) is 13.7. The van der Waals surface area contributed by atoms with Crippen LogP contribution in [0.4, 0.5) is 0 Å². The normalized spacial score (nSPS) is 19.1. The Morgan fingerprint density at radius 1 is 0.968 bits per heavy atom. The maximum Gasteiger partial charge on any atom is 0.326 e. The lowest BCUT2D eigenvalue weighted by Gasteiger charge is -2.29. The molecule has 2 aromatic rings. The van der Waals surface area contributed by atoms with Crippen molar-refractivity contribution < 1.29 is 24.3 Å². The van der Waals surface area contributed by atoms with Crippen LogP contribution in [0.3, 0.4) is 0 Å². The molecule has 3 rings (SSSR count). The molecule has 0 saturated carbocycles. The molecule has 31 heavy (non-hydrogen) atoms. The fourth-order valence-corrected chi connectivity index (χ4v) is 3.51. The van der Waals surface area contributed by atoms with Crippen LogP contribution in [0.2, 0.25) is 0 Å². The van der Waals surface area contributed by atoms with Crippen LogP contribution in [0.1, 0.15) is 23.1 Å². The van der Waals surface area contributed by atoms with Crippen molar-refractivity contribution in [3.63, 3.8) is 0 Å². The molecule has 0 bridgehead atoms. The van der Waals surface area contributed by atoms with Crippen molar-refractivity contribution in [2.45, 2.75) is 44.3 Å². The summed E-state index contributed by atoms with van der Waals surface area (Å²) in [4.78, 5) is 48.8. The third kappa shape index (κ3) is 5.91. The number of carbonyl (C=O) groups excluding carboxylic acids is 3. The van der Waals surface area contributed by atoms with Crippen LogP contribution in [-0.4, -0.2) is 46.9 Å². The lowest BCUT2D eigenvalue weighted by molar-refractivity contribution is -0.142. The highest BCUT2D eigenvalue weighted by Crippen LogP contribution is 2.11. The topological polar surface area (TPSA) is 125 Å². The number of rotatable bonds is 8. The Bertz CT molecular complexity index is 976. The Balaban J connectivity index is 1.57. The summed E-state index contributed by atoms with van der Waals surface area (Å²) in [5.74, 6) is -2.64. The van der Waals surface area contributed by atoms with E-state index in [9.17, 15) is 24.3 Å². The molecule has 0 unspecified atom stereocenters. The van der Waals surface area contributed by atoms with Crippen molar-refractivity contribution in [3.8, 4) is 0 Å². The summed E-state index contributed by atoms with van der Waals surface area (Å²) in [7, 11) is 0. The van der Waals surface area contributed by atoms with Crippen LogP contribution in [0.5, 0.6) is 0 Å². The van der Waals surface area contributed by atoms with Crippen LogP contribution >= 0.6 is 0 Å². The minimum absolute atomic E-state index is 0.121. The molecule has 3 atom stereocenters. The fourth-order valence-electron chi connectivity index (χ4n) is 3.51. The SMILES string of the molecule is Cc1ccccc1C[C@@H](NC(=O)C[C@@H]1NC(=O)[C@H](Cc2ccccc2)NC1=O)C(=O)O. The molecular weight excluding hydrogens is 398 g/mol. The molecule has 162 valence electrons. The Morgan fingerprint density at radius 2 is 1.58 bits per heavy atom. The zero-order valence-electron chi connectivity index (χ0n) is 17.1. The number of carbonyl (C=O) groups is 4. The van der Waals surface area contributed by atoms with E-state index in [1.807, 2.05) is 49.4 Å². The van der Waals surface area contributed by atoms with E-state index in [1.165, 1.54) is 0 Å². The number of carboxylic acid groups (broad SMARTS) is 1. The van der Waals surface area contributed by atoms with E-state index < -0.39 is 35.9 Å². The van der Waals surface area contributed by atoms with Gasteiger partial charge in [-0.05, 0) is 23.6 Å². The number of amides is 3. The highest BCUT2D eigenvalue weighted by molar-refractivity contribution is 5.99. The van der Waals surface area contributed by atoms with E-state index in [0.717, 1.165) is 16.7 Å². The molecule has 0 aromatic heterocycles. The Morgan fingerprint density at radius 3 is 2.26 bits per heavy atom. The molecule has 2 aromatic carbocycles. The number of benzene rings is 2. The first-order chi connectivity index (χ1) is 14.8. The second kappa shape index (κ2) is 9.88. The van der Waals surface area contributed by atoms with E-state index in [4.69, 9.17) is 0 Å². The third-order valence-corrected chi connectivity index (χ3v) is 5.26. The van der Waals surface area contributed by atoms with Crippen molar-refractivity contribution in [2.75, 3.05) is 0 Å². The summed E-state index contributed by atoms with van der Waals surface area (Å²) in [6.07, 6.45) is 0.123. The molecule has 3 amide bonds. The average molecular weight is 423 g/mol. The number of aliphatic carboxylic acids is 1. The molecule has 0 radical (unpaired) electrons. The molecule has 4 N–H and O–H groups in total. The Kier molecular flexibility index (Phi) is 7.02. The first kappa shape index (κ1) is 22.0. The molecule has 1 aliphatic rings. The monoisotopic (exact) mass is 423 g/mol. The predicted molar refractivity (Wildman–Crippen MR) is 113 cm³/mol. The molecule has 1 fully saturated rings. The lowest BCUT2D eigenvalue weighted by atomic mass is 9.99. The molecule has 1 heterocycles. The maximum absolute atomic E-state index is 12.4. The molecule has 8 nitrogen and oxygen atoms in total. The molecule has 8 heteroatoms. The van der Waals surface area contributed by atoms with E-state index in [0.29, 0.717) is 6.42 Å². The highest BCUT2D eigenvalue weighted by Gasteiger charge is 2.35. The molecule has 0 spiro atoms. The van der Waals surface area contributed by atoms with Gasteiger partial charge in [-0.3, -0.25) is 14.4 Å². The van der Waals surface area contributed by atoms with E-state index in [-0.39, 0.29) is 18.7 Å². The average Bonchev–Trinajstić information content (AvgIpc) is 2.73. The van der Waals surface area contributed by atoms with E-state index >= 15 is 0 Å². The van der Waals surface area contributed by atoms with Gasteiger partial charge in [0, 0.05) is 12.8 Å². The van der Waals surface area contributed by atoms with Crippen LogP contribution in [0.25, 0.3) is 0 Å². The Hall–Kier alpha value is -3.68. The second-order valence-corrected chi connectivity index (χ2v) is 7.61. The van der Waals surface area contributed by atoms with Crippen molar-refractivity contribution in [1.82, 2.24) is 16.0 Å². The van der Waals surface area contributed by atoms with Gasteiger partial charge in [-0.25, -0.2) is 4.79 Å². The minimum atomic E-state index is -1.17. The van der Waals surface area contributed by atoms with Gasteiger partial charge in [0.2, 0.25) is 17.7 Å². The van der Waals surface area contributed by atoms with Crippen LogP contribution in [0, 0.1) is 6.92 Å².